The fraction of sp³-hybridized carbons (Fsp3) is 0.0952. The minimum Gasteiger partial charge on any atom is -0.331 e. The molecule has 0 aliphatic rings. The number of hydrogen-bond acceptors (Lipinski definition) is 3. The molecular weight excluding hydrogens is 383 g/mol. The van der Waals surface area contributed by atoms with E-state index in [1.54, 1.807) is 48.2 Å². The lowest BCUT2D eigenvalue weighted by Crippen LogP contribution is -2.15. The Kier molecular flexibility index (Phi) is 5.92. The molecule has 29 heavy (non-hydrogen) atoms. The Morgan fingerprint density at radius 3 is 2.34 bits per heavy atom. The molecule has 0 spiro atoms. The molecule has 1 heterocycles. The van der Waals surface area contributed by atoms with E-state index in [0.717, 1.165) is 5.56 Å². The molecule has 0 saturated carbocycles. The number of anilines is 1. The van der Waals surface area contributed by atoms with E-state index >= 15 is 0 Å². The summed E-state index contributed by atoms with van der Waals surface area (Å²) in [6.45, 7) is 0. The number of hydrogen-bond donors (Lipinski definition) is 1. The van der Waals surface area contributed by atoms with Crippen molar-refractivity contribution in [3.8, 4) is 0 Å². The quantitative estimate of drug-likeness (QED) is 0.388. The van der Waals surface area contributed by atoms with Gasteiger partial charge < -0.3 is 9.88 Å². The smallest absolute Gasteiger partial charge is 0.228 e. The van der Waals surface area contributed by atoms with Gasteiger partial charge >= 0.3 is 0 Å². The van der Waals surface area contributed by atoms with E-state index < -0.39 is 23.4 Å². The first-order valence-corrected chi connectivity index (χ1v) is 8.56. The van der Waals surface area contributed by atoms with E-state index in [1.807, 2.05) is 0 Å². The van der Waals surface area contributed by atoms with Crippen LogP contribution in [0.2, 0.25) is 0 Å². The van der Waals surface area contributed by atoms with Crippen LogP contribution in [0.15, 0.2) is 54.9 Å². The molecule has 1 amide bonds. The number of aryl methyl sites for hydroxylation is 1. The van der Waals surface area contributed by atoms with E-state index in [4.69, 9.17) is 0 Å². The van der Waals surface area contributed by atoms with Crippen molar-refractivity contribution in [2.24, 2.45) is 7.05 Å². The zero-order valence-electron chi connectivity index (χ0n) is 15.3. The number of aromatic nitrogens is 2. The summed E-state index contributed by atoms with van der Waals surface area (Å²) >= 11 is 0. The summed E-state index contributed by atoms with van der Waals surface area (Å²) < 4.78 is 41.0. The van der Waals surface area contributed by atoms with Crippen LogP contribution in [0, 0.1) is 17.5 Å². The fourth-order valence-electron chi connectivity index (χ4n) is 2.61. The van der Waals surface area contributed by atoms with Crippen LogP contribution in [0.3, 0.4) is 0 Å². The highest BCUT2D eigenvalue weighted by atomic mass is 19.2. The molecule has 2 aromatic carbocycles. The zero-order chi connectivity index (χ0) is 21.0. The van der Waals surface area contributed by atoms with Crippen LogP contribution in [-0.2, 0) is 18.3 Å². The van der Waals surface area contributed by atoms with Crippen molar-refractivity contribution in [1.29, 1.82) is 0 Å². The normalized spacial score (nSPS) is 11.0. The summed E-state index contributed by atoms with van der Waals surface area (Å²) in [5.74, 6) is -4.77. The van der Waals surface area contributed by atoms with Crippen molar-refractivity contribution in [3.63, 3.8) is 0 Å². The predicted octanol–water partition coefficient (Wildman–Crippen LogP) is 3.91. The molecule has 148 valence electrons. The van der Waals surface area contributed by atoms with Crippen LogP contribution in [0.25, 0.3) is 6.08 Å². The second kappa shape index (κ2) is 8.55. The molecule has 5 nitrogen and oxygen atoms in total. The molecule has 0 saturated heterocycles. The fourth-order valence-corrected chi connectivity index (χ4v) is 2.61. The average molecular weight is 399 g/mol. The highest BCUT2D eigenvalue weighted by molar-refractivity contribution is 6.04. The third kappa shape index (κ3) is 4.98. The monoisotopic (exact) mass is 399 g/mol. The van der Waals surface area contributed by atoms with E-state index in [0.29, 0.717) is 23.5 Å². The second-order valence-corrected chi connectivity index (χ2v) is 6.28. The first-order valence-electron chi connectivity index (χ1n) is 8.56. The van der Waals surface area contributed by atoms with Gasteiger partial charge in [-0.25, -0.2) is 18.2 Å². The van der Waals surface area contributed by atoms with Gasteiger partial charge in [-0.2, -0.15) is 0 Å². The number of allylic oxidation sites excluding steroid dienone is 1. The number of nitrogens with one attached hydrogen (secondary N) is 1. The third-order valence-corrected chi connectivity index (χ3v) is 4.08. The van der Waals surface area contributed by atoms with Crippen LogP contribution in [-0.4, -0.2) is 21.2 Å². The Labute approximate surface area is 164 Å². The standard InChI is InChI=1S/C21H16F3N3O2/c1-27-9-8-25-21(27)18(28)7-6-13-2-4-14(5-3-13)10-19(29)26-15-11-16(22)20(24)17(23)12-15/h2-9,11-12H,10H2,1H3,(H,26,29)/b7-6+. The Morgan fingerprint density at radius 1 is 1.10 bits per heavy atom. The Morgan fingerprint density at radius 2 is 1.76 bits per heavy atom. The number of rotatable bonds is 6. The number of carbonyl (C=O) groups excluding carboxylic acids is 2. The van der Waals surface area contributed by atoms with E-state index in [1.165, 1.54) is 12.3 Å². The molecule has 0 aliphatic heterocycles. The molecule has 1 N–H and O–H groups in total. The van der Waals surface area contributed by atoms with Crippen LogP contribution in [0.4, 0.5) is 18.9 Å². The highest BCUT2D eigenvalue weighted by Crippen LogP contribution is 2.18. The molecule has 0 atom stereocenters. The number of halogens is 3. The van der Waals surface area contributed by atoms with Crippen molar-refractivity contribution >= 4 is 23.5 Å². The molecule has 3 rings (SSSR count). The Bertz CT molecular complexity index is 1070. The number of carbonyl (C=O) groups is 2. The van der Waals surface area contributed by atoms with Gasteiger partial charge in [-0.05, 0) is 17.2 Å². The highest BCUT2D eigenvalue weighted by Gasteiger charge is 2.12. The maximum absolute atomic E-state index is 13.2. The lowest BCUT2D eigenvalue weighted by atomic mass is 10.1. The summed E-state index contributed by atoms with van der Waals surface area (Å²) in [6, 6.07) is 8.25. The number of amides is 1. The minimum absolute atomic E-state index is 0.0448. The van der Waals surface area contributed by atoms with E-state index in [-0.39, 0.29) is 17.9 Å². The third-order valence-electron chi connectivity index (χ3n) is 4.08. The molecule has 1 aromatic heterocycles. The van der Waals surface area contributed by atoms with Gasteiger partial charge in [-0.15, -0.1) is 0 Å². The summed E-state index contributed by atoms with van der Waals surface area (Å²) in [4.78, 5) is 28.1. The van der Waals surface area contributed by atoms with Gasteiger partial charge in [0, 0.05) is 37.3 Å². The molecule has 3 aromatic rings. The van der Waals surface area contributed by atoms with Crippen molar-refractivity contribution in [3.05, 3.63) is 89.3 Å². The second-order valence-electron chi connectivity index (χ2n) is 6.28. The van der Waals surface area contributed by atoms with Crippen molar-refractivity contribution < 1.29 is 22.8 Å². The lowest BCUT2D eigenvalue weighted by molar-refractivity contribution is -0.115. The molecule has 8 heteroatoms. The largest absolute Gasteiger partial charge is 0.331 e. The summed E-state index contributed by atoms with van der Waals surface area (Å²) in [5.41, 5.74) is 1.23. The first-order chi connectivity index (χ1) is 13.8. The molecular formula is C21H16F3N3O2. The van der Waals surface area contributed by atoms with Gasteiger partial charge in [0.15, 0.2) is 23.3 Å². The average Bonchev–Trinajstić information content (AvgIpc) is 3.11. The summed E-state index contributed by atoms with van der Waals surface area (Å²) in [5, 5.41) is 2.32. The topological polar surface area (TPSA) is 64.0 Å². The van der Waals surface area contributed by atoms with Gasteiger partial charge in [-0.1, -0.05) is 30.3 Å². The molecule has 0 unspecified atom stereocenters. The number of ketones is 1. The molecule has 0 radical (unpaired) electrons. The Balaban J connectivity index is 1.60. The molecule has 0 fully saturated rings. The maximum Gasteiger partial charge on any atom is 0.228 e. The van der Waals surface area contributed by atoms with Gasteiger partial charge in [0.1, 0.15) is 0 Å². The van der Waals surface area contributed by atoms with Crippen LogP contribution < -0.4 is 5.32 Å². The molecule has 0 bridgehead atoms. The van der Waals surface area contributed by atoms with Crippen molar-refractivity contribution in [2.75, 3.05) is 5.32 Å². The minimum atomic E-state index is -1.59. The van der Waals surface area contributed by atoms with Crippen LogP contribution in [0.1, 0.15) is 21.7 Å². The number of nitrogens with zero attached hydrogens (tertiary/aromatic N) is 2. The van der Waals surface area contributed by atoms with Gasteiger partial charge in [0.05, 0.1) is 6.42 Å². The maximum atomic E-state index is 13.2. The summed E-state index contributed by atoms with van der Waals surface area (Å²) in [6.07, 6.45) is 6.20. The number of imidazole rings is 1. The van der Waals surface area contributed by atoms with Crippen molar-refractivity contribution in [1.82, 2.24) is 9.55 Å². The summed E-state index contributed by atoms with van der Waals surface area (Å²) in [7, 11) is 1.72. The van der Waals surface area contributed by atoms with Gasteiger partial charge in [-0.3, -0.25) is 9.59 Å². The predicted molar refractivity (Wildman–Crippen MR) is 102 cm³/mol. The molecule has 0 aliphatic carbocycles. The van der Waals surface area contributed by atoms with E-state index in [2.05, 4.69) is 10.3 Å². The SMILES string of the molecule is Cn1ccnc1C(=O)/C=C/c1ccc(CC(=O)Nc2cc(F)c(F)c(F)c2)cc1. The van der Waals surface area contributed by atoms with E-state index in [9.17, 15) is 22.8 Å². The number of benzene rings is 2. The Hall–Kier alpha value is -3.68. The van der Waals surface area contributed by atoms with Gasteiger partial charge in [0.25, 0.3) is 0 Å². The van der Waals surface area contributed by atoms with Crippen LogP contribution in [0.5, 0.6) is 0 Å². The van der Waals surface area contributed by atoms with Crippen LogP contribution >= 0.6 is 0 Å². The first kappa shape index (κ1) is 20.1. The zero-order valence-corrected chi connectivity index (χ0v) is 15.3. The van der Waals surface area contributed by atoms with Gasteiger partial charge in [0.2, 0.25) is 11.7 Å². The lowest BCUT2D eigenvalue weighted by Gasteiger charge is -2.07. The van der Waals surface area contributed by atoms with Crippen molar-refractivity contribution in [2.45, 2.75) is 6.42 Å².